The van der Waals surface area contributed by atoms with Crippen molar-refractivity contribution in [3.8, 4) is 11.3 Å². The van der Waals surface area contributed by atoms with Gasteiger partial charge in [-0.2, -0.15) is 0 Å². The normalized spacial score (nSPS) is 13.2. The zero-order valence-corrected chi connectivity index (χ0v) is 13.7. The second-order valence-corrected chi connectivity index (χ2v) is 6.13. The van der Waals surface area contributed by atoms with Crippen LogP contribution < -0.4 is 5.56 Å². The molecule has 1 aliphatic rings. The lowest BCUT2D eigenvalue weighted by Crippen LogP contribution is -2.30. The number of fused-ring (bicyclic) bond motifs is 5. The maximum atomic E-state index is 13.1. The number of carbonyl (C=O) groups excluding carboxylic acids is 1. The van der Waals surface area contributed by atoms with Gasteiger partial charge in [0.1, 0.15) is 0 Å². The third-order valence-electron chi connectivity index (χ3n) is 4.58. The van der Waals surface area contributed by atoms with Crippen LogP contribution in [0.15, 0.2) is 58.4 Å². The van der Waals surface area contributed by atoms with Crippen molar-refractivity contribution in [2.45, 2.75) is 12.6 Å². The molecule has 1 atom stereocenters. The van der Waals surface area contributed by atoms with Crippen molar-refractivity contribution >= 4 is 16.6 Å². The second kappa shape index (κ2) is 6.15. The molecular weight excluding hydrogens is 332 g/mol. The highest BCUT2D eigenvalue weighted by atomic mass is 16.3. The van der Waals surface area contributed by atoms with E-state index in [0.717, 1.165) is 0 Å². The Balaban J connectivity index is 2.04. The molecule has 1 N–H and O–H groups in total. The number of ketones is 1. The third-order valence-corrected chi connectivity index (χ3v) is 4.58. The molecule has 1 unspecified atom stereocenters. The molecular formula is C19H14N4O3. The fourth-order valence-corrected chi connectivity index (χ4v) is 3.50. The van der Waals surface area contributed by atoms with E-state index in [-0.39, 0.29) is 24.4 Å². The monoisotopic (exact) mass is 346 g/mol. The lowest BCUT2D eigenvalue weighted by molar-refractivity contribution is 0.104. The van der Waals surface area contributed by atoms with Crippen LogP contribution in [-0.4, -0.2) is 28.1 Å². The Bertz CT molecular complexity index is 1160. The van der Waals surface area contributed by atoms with Crippen LogP contribution >= 0.6 is 0 Å². The van der Waals surface area contributed by atoms with E-state index < -0.39 is 6.10 Å². The van der Waals surface area contributed by atoms with Gasteiger partial charge in [0, 0.05) is 26.8 Å². The van der Waals surface area contributed by atoms with E-state index in [0.29, 0.717) is 33.2 Å². The molecule has 7 nitrogen and oxygen atoms in total. The van der Waals surface area contributed by atoms with Crippen LogP contribution in [0.1, 0.15) is 15.9 Å². The molecule has 0 amide bonds. The minimum Gasteiger partial charge on any atom is -0.391 e. The van der Waals surface area contributed by atoms with Crippen LogP contribution in [0.25, 0.3) is 32.5 Å². The topological polar surface area (TPSA) is 108 Å². The Morgan fingerprint density at radius 2 is 1.69 bits per heavy atom. The highest BCUT2D eigenvalue weighted by molar-refractivity contribution is 6.26. The van der Waals surface area contributed by atoms with Gasteiger partial charge in [-0.15, -0.1) is 0 Å². The summed E-state index contributed by atoms with van der Waals surface area (Å²) in [6.45, 7) is -0.216. The Morgan fingerprint density at radius 3 is 2.42 bits per heavy atom. The molecule has 0 aliphatic heterocycles. The van der Waals surface area contributed by atoms with Gasteiger partial charge in [0.05, 0.1) is 30.5 Å². The summed E-state index contributed by atoms with van der Waals surface area (Å²) in [6, 6.07) is 14.1. The number of aromatic nitrogens is 1. The van der Waals surface area contributed by atoms with Crippen molar-refractivity contribution < 1.29 is 9.90 Å². The van der Waals surface area contributed by atoms with Crippen molar-refractivity contribution in [1.82, 2.24) is 4.57 Å². The van der Waals surface area contributed by atoms with E-state index in [4.69, 9.17) is 5.53 Å². The lowest BCUT2D eigenvalue weighted by Gasteiger charge is -2.17. The Hall–Kier alpha value is -3.41. The third kappa shape index (κ3) is 2.30. The largest absolute Gasteiger partial charge is 0.391 e. The number of pyridine rings is 1. The Kier molecular flexibility index (Phi) is 3.80. The van der Waals surface area contributed by atoms with Gasteiger partial charge in [-0.3, -0.25) is 9.59 Å². The van der Waals surface area contributed by atoms with Crippen LogP contribution in [0, 0.1) is 0 Å². The summed E-state index contributed by atoms with van der Waals surface area (Å²) in [7, 11) is 0. The highest BCUT2D eigenvalue weighted by Crippen LogP contribution is 2.39. The van der Waals surface area contributed by atoms with Crippen molar-refractivity contribution in [2.75, 3.05) is 6.54 Å². The number of hydrogen-bond acceptors (Lipinski definition) is 4. The summed E-state index contributed by atoms with van der Waals surface area (Å²) in [5.41, 5.74) is 10.3. The molecule has 1 aromatic heterocycles. The van der Waals surface area contributed by atoms with Crippen molar-refractivity contribution in [1.29, 1.82) is 0 Å². The number of carbonyl (C=O) groups is 1. The zero-order chi connectivity index (χ0) is 18.3. The number of benzene rings is 2. The molecule has 26 heavy (non-hydrogen) atoms. The highest BCUT2D eigenvalue weighted by Gasteiger charge is 2.32. The molecule has 1 heterocycles. The second-order valence-electron chi connectivity index (χ2n) is 6.13. The Morgan fingerprint density at radius 1 is 1.04 bits per heavy atom. The predicted octanol–water partition coefficient (Wildman–Crippen LogP) is 2.88. The number of azide groups is 1. The van der Waals surface area contributed by atoms with Gasteiger partial charge in [0.25, 0.3) is 5.56 Å². The summed E-state index contributed by atoms with van der Waals surface area (Å²) >= 11 is 0. The first kappa shape index (κ1) is 16.1. The van der Waals surface area contributed by atoms with E-state index in [2.05, 4.69) is 10.0 Å². The Labute approximate surface area is 147 Å². The SMILES string of the molecule is [N-]=[N+]=NCC(O)Cn1c2c(c3ccccc3c1=O)C(=O)c1ccccc1-2. The van der Waals surface area contributed by atoms with E-state index in [1.807, 2.05) is 6.07 Å². The summed E-state index contributed by atoms with van der Waals surface area (Å²) in [5.74, 6) is -0.134. The molecule has 0 radical (unpaired) electrons. The van der Waals surface area contributed by atoms with Crippen LogP contribution in [0.3, 0.4) is 0 Å². The first-order chi connectivity index (χ1) is 12.6. The number of aliphatic hydroxyl groups excluding tert-OH is 1. The summed E-state index contributed by atoms with van der Waals surface area (Å²) in [6.07, 6.45) is -1.03. The summed E-state index contributed by atoms with van der Waals surface area (Å²) < 4.78 is 1.42. The number of aliphatic hydroxyl groups is 1. The van der Waals surface area contributed by atoms with Gasteiger partial charge in [0.2, 0.25) is 0 Å². The van der Waals surface area contributed by atoms with E-state index in [1.54, 1.807) is 42.5 Å². The molecule has 0 saturated heterocycles. The molecule has 7 heteroatoms. The first-order valence-electron chi connectivity index (χ1n) is 8.12. The number of nitrogens with zero attached hydrogens (tertiary/aromatic N) is 4. The molecule has 0 spiro atoms. The lowest BCUT2D eigenvalue weighted by atomic mass is 10.0. The average Bonchev–Trinajstić information content (AvgIpc) is 2.96. The standard InChI is InChI=1S/C19H14N4O3/c20-22-21-9-11(24)10-23-17-13-6-2-3-7-14(13)18(25)16(17)12-5-1-4-8-15(12)19(23)26/h1-8,11,24H,9-10H2. The predicted molar refractivity (Wildman–Crippen MR) is 97.1 cm³/mol. The van der Waals surface area contributed by atoms with E-state index in [1.165, 1.54) is 4.57 Å². The quantitative estimate of drug-likeness (QED) is 0.348. The van der Waals surface area contributed by atoms with E-state index >= 15 is 0 Å². The van der Waals surface area contributed by atoms with Crippen molar-refractivity contribution in [3.63, 3.8) is 0 Å². The van der Waals surface area contributed by atoms with E-state index in [9.17, 15) is 14.7 Å². The minimum absolute atomic E-state index is 0.0629. The number of hydrogen-bond donors (Lipinski definition) is 1. The summed E-state index contributed by atoms with van der Waals surface area (Å²) in [4.78, 5) is 28.7. The molecule has 128 valence electrons. The fourth-order valence-electron chi connectivity index (χ4n) is 3.50. The van der Waals surface area contributed by atoms with Crippen LogP contribution in [0.4, 0.5) is 0 Å². The molecule has 1 aliphatic carbocycles. The maximum Gasteiger partial charge on any atom is 0.259 e. The molecule has 0 bridgehead atoms. The number of rotatable bonds is 4. The molecule has 0 fully saturated rings. The van der Waals surface area contributed by atoms with Gasteiger partial charge in [-0.05, 0) is 11.6 Å². The maximum absolute atomic E-state index is 13.1. The summed E-state index contributed by atoms with van der Waals surface area (Å²) in [5, 5.41) is 14.6. The molecule has 4 rings (SSSR count). The van der Waals surface area contributed by atoms with Gasteiger partial charge in [0.15, 0.2) is 5.78 Å². The van der Waals surface area contributed by atoms with Crippen LogP contribution in [-0.2, 0) is 6.54 Å². The van der Waals surface area contributed by atoms with Gasteiger partial charge in [-0.1, -0.05) is 47.6 Å². The molecule has 3 aromatic rings. The van der Waals surface area contributed by atoms with Gasteiger partial charge in [-0.25, -0.2) is 0 Å². The van der Waals surface area contributed by atoms with Gasteiger partial charge >= 0.3 is 0 Å². The van der Waals surface area contributed by atoms with Crippen LogP contribution in [0.2, 0.25) is 0 Å². The zero-order valence-electron chi connectivity index (χ0n) is 13.7. The first-order valence-corrected chi connectivity index (χ1v) is 8.12. The van der Waals surface area contributed by atoms with Gasteiger partial charge < -0.3 is 9.67 Å². The smallest absolute Gasteiger partial charge is 0.259 e. The fraction of sp³-hybridized carbons (Fsp3) is 0.158. The van der Waals surface area contributed by atoms with Crippen molar-refractivity contribution in [2.24, 2.45) is 5.11 Å². The molecule has 2 aromatic carbocycles. The van der Waals surface area contributed by atoms with Crippen LogP contribution in [0.5, 0.6) is 0 Å². The average molecular weight is 346 g/mol. The molecule has 0 saturated carbocycles. The van der Waals surface area contributed by atoms with Crippen molar-refractivity contribution in [3.05, 3.63) is 80.5 Å². The minimum atomic E-state index is -1.03.